The zero-order chi connectivity index (χ0) is 25.8. The third-order valence-corrected chi connectivity index (χ3v) is 6.58. The molecule has 0 unspecified atom stereocenters. The van der Waals surface area contributed by atoms with Crippen LogP contribution in [-0.2, 0) is 9.47 Å². The quantitative estimate of drug-likeness (QED) is 0.185. The van der Waals surface area contributed by atoms with Gasteiger partial charge in [-0.25, -0.2) is 21.3 Å². The Kier molecular flexibility index (Phi) is 6.85. The van der Waals surface area contributed by atoms with Gasteiger partial charge in [-0.05, 0) is 33.4 Å². The Morgan fingerprint density at radius 2 is 0.973 bits per heavy atom. The van der Waals surface area contributed by atoms with Gasteiger partial charge in [0.25, 0.3) is 0 Å². The molecular weight excluding hydrogens is 468 g/mol. The molecule has 2 aliphatic rings. The number of carbonyl (C=O) groups excluding carboxylic acids is 2. The van der Waals surface area contributed by atoms with Crippen molar-refractivity contribution < 1.29 is 19.1 Å². The molecule has 8 heteroatoms. The number of nitrogens with one attached hydrogen (secondary N) is 2. The molecule has 0 atom stereocenters. The maximum atomic E-state index is 11.3. The van der Waals surface area contributed by atoms with Gasteiger partial charge < -0.3 is 9.47 Å². The normalized spacial score (nSPS) is 12.7. The maximum Gasteiger partial charge on any atom is 0.422 e. The molecule has 0 radical (unpaired) electrons. The molecule has 8 nitrogen and oxygen atoms in total. The second-order valence-corrected chi connectivity index (χ2v) is 8.57. The molecule has 4 aromatic rings. The summed E-state index contributed by atoms with van der Waals surface area (Å²) in [5.41, 5.74) is 12.9. The van der Waals surface area contributed by atoms with Gasteiger partial charge in [0.05, 0.1) is 0 Å². The number of rotatable bonds is 3. The Balaban J connectivity index is 0.000000152. The van der Waals surface area contributed by atoms with Crippen LogP contribution in [-0.4, -0.2) is 18.8 Å². The first-order valence-electron chi connectivity index (χ1n) is 11.8. The average Bonchev–Trinajstić information content (AvgIpc) is 3.45. The Morgan fingerprint density at radius 3 is 1.41 bits per heavy atom. The number of nitrogens with two attached hydrogens (primary N) is 2. The van der Waals surface area contributed by atoms with Crippen LogP contribution in [0, 0.1) is 0 Å². The fourth-order valence-electron chi connectivity index (χ4n) is 5.02. The van der Waals surface area contributed by atoms with Crippen LogP contribution in [0.2, 0.25) is 0 Å². The molecule has 0 aliphatic heterocycles. The van der Waals surface area contributed by atoms with Gasteiger partial charge in [0.15, 0.2) is 6.10 Å². The van der Waals surface area contributed by atoms with Crippen LogP contribution in [0.1, 0.15) is 34.3 Å². The lowest BCUT2D eigenvalue weighted by atomic mass is 9.98. The SMILES string of the molecule is NNC(=O)OC1c2ccccc2-c2ccccc21.NNC(=O)OCC1c2ccccc2-c2ccccc21. The van der Waals surface area contributed by atoms with Crippen LogP contribution >= 0.6 is 0 Å². The third-order valence-electron chi connectivity index (χ3n) is 6.58. The minimum Gasteiger partial charge on any atom is -0.448 e. The number of fused-ring (bicyclic) bond motifs is 6. The van der Waals surface area contributed by atoms with Gasteiger partial charge in [-0.2, -0.15) is 0 Å². The first-order valence-corrected chi connectivity index (χ1v) is 11.8. The second kappa shape index (κ2) is 10.5. The zero-order valence-corrected chi connectivity index (χ0v) is 19.9. The van der Waals surface area contributed by atoms with Gasteiger partial charge in [0.2, 0.25) is 0 Å². The summed E-state index contributed by atoms with van der Waals surface area (Å²) in [6.07, 6.45) is -1.63. The van der Waals surface area contributed by atoms with Gasteiger partial charge in [-0.15, -0.1) is 0 Å². The van der Waals surface area contributed by atoms with Crippen molar-refractivity contribution in [2.45, 2.75) is 12.0 Å². The fraction of sp³-hybridized carbons (Fsp3) is 0.103. The molecule has 37 heavy (non-hydrogen) atoms. The fourth-order valence-corrected chi connectivity index (χ4v) is 5.02. The van der Waals surface area contributed by atoms with Crippen molar-refractivity contribution in [2.24, 2.45) is 11.7 Å². The lowest BCUT2D eigenvalue weighted by Crippen LogP contribution is -2.31. The van der Waals surface area contributed by atoms with E-state index in [2.05, 4.69) is 24.3 Å². The highest BCUT2D eigenvalue weighted by molar-refractivity contribution is 5.80. The van der Waals surface area contributed by atoms with Gasteiger partial charge in [-0.1, -0.05) is 97.1 Å². The average molecular weight is 495 g/mol. The van der Waals surface area contributed by atoms with Crippen molar-refractivity contribution in [3.8, 4) is 22.3 Å². The van der Waals surface area contributed by atoms with Crippen molar-refractivity contribution in [1.29, 1.82) is 0 Å². The summed E-state index contributed by atoms with van der Waals surface area (Å²) in [4.78, 5) is 22.5. The molecule has 0 aromatic heterocycles. The maximum absolute atomic E-state index is 11.3. The molecule has 0 bridgehead atoms. The number of benzene rings is 4. The minimum absolute atomic E-state index is 0.0738. The summed E-state index contributed by atoms with van der Waals surface area (Å²) in [7, 11) is 0. The molecule has 6 N–H and O–H groups in total. The zero-order valence-electron chi connectivity index (χ0n) is 19.9. The van der Waals surface area contributed by atoms with Crippen LogP contribution in [0.3, 0.4) is 0 Å². The first-order chi connectivity index (χ1) is 18.1. The highest BCUT2D eigenvalue weighted by Crippen LogP contribution is 2.45. The molecule has 186 valence electrons. The van der Waals surface area contributed by atoms with Crippen LogP contribution in [0.15, 0.2) is 97.1 Å². The standard InChI is InChI=1S/C15H14N2O2.C14H12N2O2/c16-17-15(18)19-9-14-12-7-3-1-5-10(12)11-6-2-4-8-13(11)14;15-16-14(17)18-13-11-7-3-1-5-9(11)10-6-2-4-8-12(10)13/h1-8,14H,9,16H2,(H,17,18);1-8,13H,15H2,(H,16,17). The highest BCUT2D eigenvalue weighted by atomic mass is 16.6. The topological polar surface area (TPSA) is 129 Å². The summed E-state index contributed by atoms with van der Waals surface area (Å²) in [6.45, 7) is 0.289. The minimum atomic E-state index is -0.633. The molecule has 0 spiro atoms. The number of amides is 2. The number of carbonyl (C=O) groups is 2. The summed E-state index contributed by atoms with van der Waals surface area (Å²) >= 11 is 0. The summed E-state index contributed by atoms with van der Waals surface area (Å²) < 4.78 is 10.5. The third kappa shape index (κ3) is 4.63. The second-order valence-electron chi connectivity index (χ2n) is 8.57. The van der Waals surface area contributed by atoms with Crippen molar-refractivity contribution in [3.05, 3.63) is 119 Å². The highest BCUT2D eigenvalue weighted by Gasteiger charge is 2.31. The number of ether oxygens (including phenoxy) is 2. The summed E-state index contributed by atoms with van der Waals surface area (Å²) in [5, 5.41) is 0. The number of hydrogen-bond donors (Lipinski definition) is 4. The number of hydrazine groups is 2. The Bertz CT molecular complexity index is 1360. The molecule has 2 amide bonds. The van der Waals surface area contributed by atoms with Crippen molar-refractivity contribution in [3.63, 3.8) is 0 Å². The van der Waals surface area contributed by atoms with E-state index in [1.807, 2.05) is 83.6 Å². The Labute approximate surface area is 214 Å². The van der Waals surface area contributed by atoms with Gasteiger partial charge in [0, 0.05) is 17.0 Å². The molecule has 0 saturated heterocycles. The molecular formula is C29H26N4O4. The van der Waals surface area contributed by atoms with E-state index in [4.69, 9.17) is 21.2 Å². The van der Waals surface area contributed by atoms with Crippen LogP contribution in [0.4, 0.5) is 9.59 Å². The van der Waals surface area contributed by atoms with Crippen LogP contribution in [0.25, 0.3) is 22.3 Å². The van der Waals surface area contributed by atoms with E-state index in [0.29, 0.717) is 0 Å². The van der Waals surface area contributed by atoms with E-state index in [9.17, 15) is 9.59 Å². The monoisotopic (exact) mass is 494 g/mol. The predicted molar refractivity (Wildman–Crippen MR) is 140 cm³/mol. The van der Waals surface area contributed by atoms with E-state index < -0.39 is 12.2 Å². The summed E-state index contributed by atoms with van der Waals surface area (Å²) in [5.74, 6) is 10.2. The van der Waals surface area contributed by atoms with Crippen LogP contribution in [0.5, 0.6) is 0 Å². The largest absolute Gasteiger partial charge is 0.448 e. The van der Waals surface area contributed by atoms with E-state index in [-0.39, 0.29) is 18.6 Å². The van der Waals surface area contributed by atoms with Crippen molar-refractivity contribution in [1.82, 2.24) is 10.9 Å². The molecule has 2 aliphatic carbocycles. The van der Waals surface area contributed by atoms with Gasteiger partial charge in [-0.3, -0.25) is 10.9 Å². The van der Waals surface area contributed by atoms with E-state index in [0.717, 1.165) is 22.3 Å². The Hall–Kier alpha value is -4.66. The molecule has 6 rings (SSSR count). The van der Waals surface area contributed by atoms with Crippen molar-refractivity contribution >= 4 is 12.2 Å². The lowest BCUT2D eigenvalue weighted by Gasteiger charge is -2.14. The lowest BCUT2D eigenvalue weighted by molar-refractivity contribution is 0.118. The summed E-state index contributed by atoms with van der Waals surface area (Å²) in [6, 6.07) is 32.2. The molecule has 0 saturated carbocycles. The molecule has 4 aromatic carbocycles. The predicted octanol–water partition coefficient (Wildman–Crippen LogP) is 4.76. The smallest absolute Gasteiger partial charge is 0.422 e. The van der Waals surface area contributed by atoms with Crippen molar-refractivity contribution in [2.75, 3.05) is 6.61 Å². The van der Waals surface area contributed by atoms with E-state index in [1.54, 1.807) is 0 Å². The van der Waals surface area contributed by atoms with E-state index in [1.165, 1.54) is 22.3 Å². The Morgan fingerprint density at radius 1 is 0.595 bits per heavy atom. The van der Waals surface area contributed by atoms with Gasteiger partial charge in [0.1, 0.15) is 6.61 Å². The van der Waals surface area contributed by atoms with Gasteiger partial charge >= 0.3 is 12.2 Å². The number of hydrogen-bond acceptors (Lipinski definition) is 6. The molecule has 0 fully saturated rings. The molecule has 0 heterocycles. The van der Waals surface area contributed by atoms with E-state index >= 15 is 0 Å². The van der Waals surface area contributed by atoms with Crippen LogP contribution < -0.4 is 22.5 Å². The first kappa shape index (κ1) is 24.1.